The van der Waals surface area contributed by atoms with Crippen LogP contribution in [0.3, 0.4) is 0 Å². The predicted octanol–water partition coefficient (Wildman–Crippen LogP) is 1.96. The average molecular weight is 304 g/mol. The average Bonchev–Trinajstić information content (AvgIpc) is 2.46. The lowest BCUT2D eigenvalue weighted by Crippen LogP contribution is -2.34. The molecule has 3 N–H and O–H groups in total. The largest absolute Gasteiger partial charge is 0.355 e. The molecule has 2 rings (SSSR count). The van der Waals surface area contributed by atoms with Crippen LogP contribution >= 0.6 is 0 Å². The van der Waals surface area contributed by atoms with Crippen molar-refractivity contribution in [3.05, 3.63) is 54.6 Å². The van der Waals surface area contributed by atoms with Crippen molar-refractivity contribution in [2.45, 2.75) is 0 Å². The number of hydrogen-bond acceptors (Lipinski definition) is 4. The van der Waals surface area contributed by atoms with Gasteiger partial charge in [-0.15, -0.1) is 0 Å². The molecule has 0 aliphatic carbocycles. The summed E-state index contributed by atoms with van der Waals surface area (Å²) in [5.41, 5.74) is 7.79. The van der Waals surface area contributed by atoms with Crippen molar-refractivity contribution in [3.63, 3.8) is 0 Å². The van der Waals surface area contributed by atoms with Gasteiger partial charge in [0.25, 0.3) is 0 Å². The van der Waals surface area contributed by atoms with E-state index in [1.54, 1.807) is 12.1 Å². The molecule has 0 aliphatic heterocycles. The lowest BCUT2D eigenvalue weighted by atomic mass is 10.2. The second kappa shape index (κ2) is 6.60. The van der Waals surface area contributed by atoms with Crippen molar-refractivity contribution >= 4 is 27.1 Å². The highest BCUT2D eigenvalue weighted by atomic mass is 32.2. The molecule has 0 aromatic heterocycles. The van der Waals surface area contributed by atoms with E-state index >= 15 is 0 Å². The van der Waals surface area contributed by atoms with Gasteiger partial charge in [-0.25, -0.2) is 8.42 Å². The molecule has 0 aliphatic rings. The quantitative estimate of drug-likeness (QED) is 0.855. The van der Waals surface area contributed by atoms with Crippen molar-refractivity contribution in [1.82, 2.24) is 0 Å². The normalized spacial score (nSPS) is 11.1. The van der Waals surface area contributed by atoms with E-state index < -0.39 is 10.0 Å². The molecule has 0 saturated carbocycles. The summed E-state index contributed by atoms with van der Waals surface area (Å²) < 4.78 is 24.8. The third-order valence-corrected chi connectivity index (χ3v) is 4.07. The Kier molecular flexibility index (Phi) is 4.82. The molecule has 0 atom stereocenters. The Bertz CT molecular complexity index is 670. The van der Waals surface area contributed by atoms with Crippen molar-refractivity contribution in [2.24, 2.45) is 5.73 Å². The van der Waals surface area contributed by atoms with Crippen LogP contribution in [0.4, 0.5) is 17.1 Å². The predicted molar refractivity (Wildman–Crippen MR) is 86.2 cm³/mol. The van der Waals surface area contributed by atoms with Crippen LogP contribution in [0.15, 0.2) is 48.5 Å². The van der Waals surface area contributed by atoms with E-state index in [9.17, 15) is 8.42 Å². The summed E-state index contributed by atoms with van der Waals surface area (Å²) in [7, 11) is -3.33. The first kappa shape index (κ1) is 15.3. The Morgan fingerprint density at radius 3 is 2.43 bits per heavy atom. The van der Waals surface area contributed by atoms with Crippen LogP contribution in [0.1, 0.15) is 0 Å². The topological polar surface area (TPSA) is 75.4 Å². The molecule has 5 nitrogen and oxygen atoms in total. The standard InChI is InChI=1S/C15H18N3O2S/c1-21(19,20)18(12-11-16)15-9-7-14(8-10-15)17-13-5-3-2-4-6-13/h2-5,7-10,17H,11-12,16H2,1H3. The maximum Gasteiger partial charge on any atom is 0.232 e. The number of anilines is 3. The SMILES string of the molecule is CS(=O)(=O)N(CCN)c1ccc(Nc2[c]cccc2)cc1. The smallest absolute Gasteiger partial charge is 0.232 e. The van der Waals surface area contributed by atoms with E-state index in [0.29, 0.717) is 5.69 Å². The van der Waals surface area contributed by atoms with E-state index in [1.165, 1.54) is 10.6 Å². The zero-order chi connectivity index (χ0) is 15.3. The van der Waals surface area contributed by atoms with Crippen molar-refractivity contribution in [3.8, 4) is 0 Å². The third kappa shape index (κ3) is 4.21. The molecule has 2 aromatic carbocycles. The molecule has 0 saturated heterocycles. The van der Waals surface area contributed by atoms with E-state index in [1.807, 2.05) is 36.4 Å². The maximum atomic E-state index is 11.7. The number of sulfonamides is 1. The van der Waals surface area contributed by atoms with Crippen molar-refractivity contribution in [1.29, 1.82) is 0 Å². The van der Waals surface area contributed by atoms with Crippen LogP contribution in [0.2, 0.25) is 0 Å². The molecule has 6 heteroatoms. The molecular formula is C15H18N3O2S. The molecule has 0 bridgehead atoms. The number of nitrogens with one attached hydrogen (secondary N) is 1. The van der Waals surface area contributed by atoms with Gasteiger partial charge < -0.3 is 11.1 Å². The molecule has 2 aromatic rings. The molecule has 0 fully saturated rings. The summed E-state index contributed by atoms with van der Waals surface area (Å²) in [5.74, 6) is 0. The first-order valence-electron chi connectivity index (χ1n) is 6.52. The van der Waals surface area contributed by atoms with E-state index in [-0.39, 0.29) is 13.1 Å². The minimum Gasteiger partial charge on any atom is -0.355 e. The van der Waals surface area contributed by atoms with Gasteiger partial charge in [-0.1, -0.05) is 18.2 Å². The van der Waals surface area contributed by atoms with Crippen LogP contribution in [-0.2, 0) is 10.0 Å². The van der Waals surface area contributed by atoms with Gasteiger partial charge in [0.15, 0.2) is 0 Å². The maximum absolute atomic E-state index is 11.7. The first-order chi connectivity index (χ1) is 10.0. The molecule has 0 amide bonds. The van der Waals surface area contributed by atoms with Crippen molar-refractivity contribution < 1.29 is 8.42 Å². The molecule has 21 heavy (non-hydrogen) atoms. The van der Waals surface area contributed by atoms with E-state index in [2.05, 4.69) is 11.4 Å². The van der Waals surface area contributed by atoms with Gasteiger partial charge in [-0.2, -0.15) is 0 Å². The molecule has 1 radical (unpaired) electrons. The minimum atomic E-state index is -3.33. The fraction of sp³-hybridized carbons (Fsp3) is 0.200. The Hall–Kier alpha value is -2.05. The fourth-order valence-electron chi connectivity index (χ4n) is 1.94. The summed E-state index contributed by atoms with van der Waals surface area (Å²) in [5, 5.41) is 3.19. The summed E-state index contributed by atoms with van der Waals surface area (Å²) in [6.07, 6.45) is 1.17. The van der Waals surface area contributed by atoms with Crippen LogP contribution < -0.4 is 15.4 Å². The molecule has 0 spiro atoms. The zero-order valence-corrected chi connectivity index (χ0v) is 12.6. The monoisotopic (exact) mass is 304 g/mol. The van der Waals surface area contributed by atoms with Gasteiger partial charge in [0, 0.05) is 30.5 Å². The van der Waals surface area contributed by atoms with Gasteiger partial charge in [0.2, 0.25) is 10.0 Å². The second-order valence-corrected chi connectivity index (χ2v) is 6.48. The number of rotatable bonds is 6. The highest BCUT2D eigenvalue weighted by Gasteiger charge is 2.16. The van der Waals surface area contributed by atoms with Crippen LogP contribution in [0, 0.1) is 6.07 Å². The van der Waals surface area contributed by atoms with Crippen LogP contribution in [-0.4, -0.2) is 27.8 Å². The summed E-state index contributed by atoms with van der Waals surface area (Å²) in [6, 6.07) is 17.8. The number of nitrogens with zero attached hydrogens (tertiary/aromatic N) is 1. The molecule has 0 unspecified atom stereocenters. The lowest BCUT2D eigenvalue weighted by Gasteiger charge is -2.21. The number of para-hydroxylation sites is 1. The molecule has 0 heterocycles. The number of nitrogens with two attached hydrogens (primary N) is 1. The van der Waals surface area contributed by atoms with Gasteiger partial charge >= 0.3 is 0 Å². The number of benzene rings is 2. The zero-order valence-electron chi connectivity index (χ0n) is 11.8. The Balaban J connectivity index is 2.18. The van der Waals surface area contributed by atoms with Gasteiger partial charge in [0.05, 0.1) is 11.9 Å². The van der Waals surface area contributed by atoms with Crippen molar-refractivity contribution in [2.75, 3.05) is 29.0 Å². The van der Waals surface area contributed by atoms with Crippen LogP contribution in [0.5, 0.6) is 0 Å². The first-order valence-corrected chi connectivity index (χ1v) is 8.37. The summed E-state index contributed by atoms with van der Waals surface area (Å²) in [4.78, 5) is 0. The third-order valence-electron chi connectivity index (χ3n) is 2.88. The summed E-state index contributed by atoms with van der Waals surface area (Å²) >= 11 is 0. The van der Waals surface area contributed by atoms with E-state index in [0.717, 1.165) is 11.4 Å². The van der Waals surface area contributed by atoms with Gasteiger partial charge in [0.1, 0.15) is 0 Å². The highest BCUT2D eigenvalue weighted by Crippen LogP contribution is 2.22. The van der Waals surface area contributed by atoms with Crippen LogP contribution in [0.25, 0.3) is 0 Å². The molecule has 111 valence electrons. The van der Waals surface area contributed by atoms with Gasteiger partial charge in [-0.05, 0) is 30.3 Å². The Labute approximate surface area is 125 Å². The highest BCUT2D eigenvalue weighted by molar-refractivity contribution is 7.92. The minimum absolute atomic E-state index is 0.262. The second-order valence-electron chi connectivity index (χ2n) is 4.57. The number of hydrogen-bond donors (Lipinski definition) is 2. The van der Waals surface area contributed by atoms with E-state index in [4.69, 9.17) is 5.73 Å². The summed E-state index contributed by atoms with van der Waals surface area (Å²) in [6.45, 7) is 0.532. The lowest BCUT2D eigenvalue weighted by molar-refractivity contribution is 0.597. The van der Waals surface area contributed by atoms with Gasteiger partial charge in [-0.3, -0.25) is 4.31 Å². The fourth-order valence-corrected chi connectivity index (χ4v) is 2.88. The Morgan fingerprint density at radius 2 is 1.90 bits per heavy atom. The Morgan fingerprint density at radius 1 is 1.19 bits per heavy atom. The molecular weight excluding hydrogens is 286 g/mol.